The highest BCUT2D eigenvalue weighted by molar-refractivity contribution is 5.68. The van der Waals surface area contributed by atoms with Crippen molar-refractivity contribution >= 4 is 11.8 Å². The van der Waals surface area contributed by atoms with Crippen molar-refractivity contribution in [1.82, 2.24) is 9.80 Å². The molecule has 2 fully saturated rings. The SMILES string of the molecule is COc1cccc(N2CCN(C(=O)OCC3CCCN(Cc4ccc(OC)c(OCc5ccccc5)c4)C3)CC2)c1. The number of benzene rings is 3. The monoisotopic (exact) mass is 559 g/mol. The molecule has 0 saturated carbocycles. The Morgan fingerprint density at radius 1 is 0.829 bits per heavy atom. The van der Waals surface area contributed by atoms with E-state index in [0.29, 0.717) is 32.2 Å². The number of likely N-dealkylation sites (tertiary alicyclic amines) is 1. The van der Waals surface area contributed by atoms with Crippen LogP contribution in [-0.2, 0) is 17.9 Å². The van der Waals surface area contributed by atoms with Gasteiger partial charge in [-0.1, -0.05) is 42.5 Å². The van der Waals surface area contributed by atoms with Gasteiger partial charge in [-0.15, -0.1) is 0 Å². The van der Waals surface area contributed by atoms with Crippen molar-refractivity contribution in [3.8, 4) is 17.2 Å². The number of nitrogens with zero attached hydrogens (tertiary/aromatic N) is 3. The van der Waals surface area contributed by atoms with Crippen LogP contribution < -0.4 is 19.1 Å². The van der Waals surface area contributed by atoms with E-state index in [-0.39, 0.29) is 6.09 Å². The fourth-order valence-electron chi connectivity index (χ4n) is 5.59. The first-order chi connectivity index (χ1) is 20.1. The van der Waals surface area contributed by atoms with Crippen molar-refractivity contribution in [2.75, 3.05) is 65.0 Å². The summed E-state index contributed by atoms with van der Waals surface area (Å²) in [5.74, 6) is 2.66. The number of ether oxygens (including phenoxy) is 4. The first-order valence-corrected chi connectivity index (χ1v) is 14.5. The van der Waals surface area contributed by atoms with Gasteiger partial charge in [0.25, 0.3) is 0 Å². The number of hydrogen-bond acceptors (Lipinski definition) is 7. The molecule has 2 heterocycles. The Morgan fingerprint density at radius 2 is 1.66 bits per heavy atom. The van der Waals surface area contributed by atoms with E-state index >= 15 is 0 Å². The molecule has 0 bridgehead atoms. The maximum atomic E-state index is 12.8. The molecule has 0 radical (unpaired) electrons. The average molecular weight is 560 g/mol. The lowest BCUT2D eigenvalue weighted by Gasteiger charge is -2.36. The predicted octanol–water partition coefficient (Wildman–Crippen LogP) is 5.45. The molecule has 41 heavy (non-hydrogen) atoms. The molecule has 1 amide bonds. The Bertz CT molecular complexity index is 1260. The van der Waals surface area contributed by atoms with Gasteiger partial charge in [0.05, 0.1) is 20.8 Å². The molecule has 0 N–H and O–H groups in total. The summed E-state index contributed by atoms with van der Waals surface area (Å²) in [6.45, 7) is 6.57. The molecular weight excluding hydrogens is 518 g/mol. The largest absolute Gasteiger partial charge is 0.497 e. The first-order valence-electron chi connectivity index (χ1n) is 14.5. The van der Waals surface area contributed by atoms with Crippen LogP contribution in [0.25, 0.3) is 0 Å². The molecule has 0 aromatic heterocycles. The van der Waals surface area contributed by atoms with Crippen molar-refractivity contribution < 1.29 is 23.7 Å². The number of methoxy groups -OCH3 is 2. The molecule has 8 heteroatoms. The van der Waals surface area contributed by atoms with Crippen LogP contribution >= 0.6 is 0 Å². The maximum Gasteiger partial charge on any atom is 0.409 e. The standard InChI is InChI=1S/C33H41N3O5/c1-38-30-12-6-11-29(21-30)35-16-18-36(19-17-35)33(37)41-25-28-10-7-15-34(23-28)22-27-13-14-31(39-2)32(20-27)40-24-26-8-4-3-5-9-26/h3-6,8-9,11-14,20-21,28H,7,10,15-19,22-25H2,1-2H3. The normalized spacial score (nSPS) is 17.7. The minimum absolute atomic E-state index is 0.206. The zero-order valence-corrected chi connectivity index (χ0v) is 24.2. The number of hydrogen-bond donors (Lipinski definition) is 0. The zero-order valence-electron chi connectivity index (χ0n) is 24.2. The summed E-state index contributed by atoms with van der Waals surface area (Å²) >= 11 is 0. The zero-order chi connectivity index (χ0) is 28.4. The van der Waals surface area contributed by atoms with Gasteiger partial charge in [-0.3, -0.25) is 4.90 Å². The highest BCUT2D eigenvalue weighted by Crippen LogP contribution is 2.30. The highest BCUT2D eigenvalue weighted by Gasteiger charge is 2.26. The molecule has 5 rings (SSSR count). The number of piperazine rings is 1. The summed E-state index contributed by atoms with van der Waals surface area (Å²) in [6, 6.07) is 24.4. The lowest BCUT2D eigenvalue weighted by Crippen LogP contribution is -2.49. The van der Waals surface area contributed by atoms with E-state index in [1.54, 1.807) is 14.2 Å². The molecule has 0 spiro atoms. The van der Waals surface area contributed by atoms with Gasteiger partial charge in [0.2, 0.25) is 0 Å². The Labute approximate surface area is 243 Å². The van der Waals surface area contributed by atoms with E-state index in [1.165, 1.54) is 5.56 Å². The summed E-state index contributed by atoms with van der Waals surface area (Å²) in [4.78, 5) is 19.4. The van der Waals surface area contributed by atoms with E-state index in [4.69, 9.17) is 18.9 Å². The van der Waals surface area contributed by atoms with E-state index < -0.39 is 0 Å². The predicted molar refractivity (Wildman–Crippen MR) is 160 cm³/mol. The lowest BCUT2D eigenvalue weighted by atomic mass is 9.98. The highest BCUT2D eigenvalue weighted by atomic mass is 16.6. The molecule has 1 unspecified atom stereocenters. The van der Waals surface area contributed by atoms with Gasteiger partial charge < -0.3 is 28.7 Å². The first kappa shape index (κ1) is 28.6. The third-order valence-electron chi connectivity index (χ3n) is 7.87. The van der Waals surface area contributed by atoms with Crippen LogP contribution in [0.2, 0.25) is 0 Å². The molecule has 2 aliphatic heterocycles. The van der Waals surface area contributed by atoms with Gasteiger partial charge >= 0.3 is 6.09 Å². The van der Waals surface area contributed by atoms with Gasteiger partial charge in [0.15, 0.2) is 11.5 Å². The minimum Gasteiger partial charge on any atom is -0.497 e. The van der Waals surface area contributed by atoms with Crippen LogP contribution in [-0.4, -0.2) is 76.0 Å². The van der Waals surface area contributed by atoms with Gasteiger partial charge in [0.1, 0.15) is 12.4 Å². The van der Waals surface area contributed by atoms with Crippen LogP contribution in [0, 0.1) is 5.92 Å². The number of carbonyl (C=O) groups is 1. The molecule has 2 saturated heterocycles. The third-order valence-corrected chi connectivity index (χ3v) is 7.87. The summed E-state index contributed by atoms with van der Waals surface area (Å²) in [7, 11) is 3.35. The number of carbonyl (C=O) groups excluding carboxylic acids is 1. The summed E-state index contributed by atoms with van der Waals surface area (Å²) in [5, 5.41) is 0. The Balaban J connectivity index is 1.08. The second kappa shape index (κ2) is 14.1. The second-order valence-electron chi connectivity index (χ2n) is 10.8. The Hall–Kier alpha value is -3.91. The quantitative estimate of drug-likeness (QED) is 0.327. The molecule has 1 atom stereocenters. The van der Waals surface area contributed by atoms with Crippen LogP contribution in [0.4, 0.5) is 10.5 Å². The average Bonchev–Trinajstić information content (AvgIpc) is 3.03. The van der Waals surface area contributed by atoms with Gasteiger partial charge in [-0.25, -0.2) is 4.79 Å². The Kier molecular flexibility index (Phi) is 9.86. The number of amides is 1. The summed E-state index contributed by atoms with van der Waals surface area (Å²) in [5.41, 5.74) is 3.42. The van der Waals surface area contributed by atoms with E-state index in [2.05, 4.69) is 40.1 Å². The fourth-order valence-corrected chi connectivity index (χ4v) is 5.59. The third kappa shape index (κ3) is 7.85. The number of piperidine rings is 1. The second-order valence-corrected chi connectivity index (χ2v) is 10.8. The number of anilines is 1. The van der Waals surface area contributed by atoms with Crippen molar-refractivity contribution in [2.24, 2.45) is 5.92 Å². The van der Waals surface area contributed by atoms with Crippen molar-refractivity contribution in [1.29, 1.82) is 0 Å². The van der Waals surface area contributed by atoms with Gasteiger partial charge in [0, 0.05) is 56.9 Å². The van der Waals surface area contributed by atoms with Crippen molar-refractivity contribution in [3.63, 3.8) is 0 Å². The Morgan fingerprint density at radius 3 is 2.44 bits per heavy atom. The van der Waals surface area contributed by atoms with E-state index in [0.717, 1.165) is 74.1 Å². The topological polar surface area (TPSA) is 63.7 Å². The van der Waals surface area contributed by atoms with Crippen LogP contribution in [0.5, 0.6) is 17.2 Å². The van der Waals surface area contributed by atoms with Crippen LogP contribution in [0.3, 0.4) is 0 Å². The number of rotatable bonds is 10. The van der Waals surface area contributed by atoms with E-state index in [1.807, 2.05) is 47.4 Å². The van der Waals surface area contributed by atoms with Gasteiger partial charge in [-0.2, -0.15) is 0 Å². The minimum atomic E-state index is -0.206. The molecule has 2 aliphatic rings. The molecule has 3 aromatic carbocycles. The summed E-state index contributed by atoms with van der Waals surface area (Å²) in [6.07, 6.45) is 1.96. The molecule has 8 nitrogen and oxygen atoms in total. The maximum absolute atomic E-state index is 12.8. The van der Waals surface area contributed by atoms with Crippen LogP contribution in [0.1, 0.15) is 24.0 Å². The molecule has 0 aliphatic carbocycles. The van der Waals surface area contributed by atoms with Crippen LogP contribution in [0.15, 0.2) is 72.8 Å². The van der Waals surface area contributed by atoms with Crippen molar-refractivity contribution in [3.05, 3.63) is 83.9 Å². The lowest BCUT2D eigenvalue weighted by molar-refractivity contribution is 0.0623. The molecule has 3 aromatic rings. The molecule has 218 valence electrons. The van der Waals surface area contributed by atoms with E-state index in [9.17, 15) is 4.79 Å². The fraction of sp³-hybridized carbons (Fsp3) is 0.424. The smallest absolute Gasteiger partial charge is 0.409 e. The van der Waals surface area contributed by atoms with Crippen molar-refractivity contribution in [2.45, 2.75) is 26.0 Å². The van der Waals surface area contributed by atoms with Gasteiger partial charge in [-0.05, 0) is 54.8 Å². The molecular formula is C33H41N3O5. The summed E-state index contributed by atoms with van der Waals surface area (Å²) < 4.78 is 22.8.